The molecule has 2 heterocycles. The van der Waals surface area contributed by atoms with Gasteiger partial charge in [0, 0.05) is 48.1 Å². The lowest BCUT2D eigenvalue weighted by Crippen LogP contribution is -2.42. The number of carbonyl (C=O) groups is 3. The van der Waals surface area contributed by atoms with Crippen molar-refractivity contribution in [2.75, 3.05) is 13.1 Å². The highest BCUT2D eigenvalue weighted by atomic mass is 35.5. The molecular formula is C19H22ClN3O3. The summed E-state index contributed by atoms with van der Waals surface area (Å²) in [6.45, 7) is 1.15. The van der Waals surface area contributed by atoms with E-state index in [1.807, 2.05) is 0 Å². The van der Waals surface area contributed by atoms with Gasteiger partial charge in [-0.15, -0.1) is 0 Å². The predicted octanol–water partition coefficient (Wildman–Crippen LogP) is 2.81. The van der Waals surface area contributed by atoms with Crippen LogP contribution in [0.5, 0.6) is 0 Å². The van der Waals surface area contributed by atoms with Crippen molar-refractivity contribution >= 4 is 34.9 Å². The second kappa shape index (κ2) is 8.45. The molecule has 0 spiro atoms. The topological polar surface area (TPSA) is 78.8 Å². The van der Waals surface area contributed by atoms with Crippen LogP contribution in [0.1, 0.15) is 48.9 Å². The van der Waals surface area contributed by atoms with Gasteiger partial charge in [-0.05, 0) is 49.9 Å². The number of ketones is 1. The summed E-state index contributed by atoms with van der Waals surface area (Å²) in [5.41, 5.74) is 3.94. The minimum absolute atomic E-state index is 0.0400. The minimum atomic E-state index is -0.166. The van der Waals surface area contributed by atoms with Gasteiger partial charge in [-0.2, -0.15) is 5.10 Å². The lowest BCUT2D eigenvalue weighted by Gasteiger charge is -2.32. The molecule has 1 fully saturated rings. The molecule has 7 heteroatoms. The smallest absolute Gasteiger partial charge is 0.240 e. The fourth-order valence-electron chi connectivity index (χ4n) is 3.37. The molecule has 0 bridgehead atoms. The van der Waals surface area contributed by atoms with Gasteiger partial charge in [0.15, 0.2) is 5.78 Å². The van der Waals surface area contributed by atoms with Crippen LogP contribution in [0.25, 0.3) is 0 Å². The summed E-state index contributed by atoms with van der Waals surface area (Å²) >= 11 is 5.88. The van der Waals surface area contributed by atoms with E-state index in [0.29, 0.717) is 49.4 Å². The standard InChI is InChI=1S/C19H22ClN3O3/c20-15-5-3-13(4-6-15)19(26)14-2-1-11-23(12-14)18(25)10-8-16-7-9-17(24)22-21-16/h3-6,14H,1-2,7-12H2,(H,22,24)/t14-/m0/s1. The molecule has 1 atom stereocenters. The van der Waals surface area contributed by atoms with Gasteiger partial charge in [-0.1, -0.05) is 11.6 Å². The third-order valence-corrected chi connectivity index (χ3v) is 5.13. The molecule has 6 nitrogen and oxygen atoms in total. The van der Waals surface area contributed by atoms with Crippen LogP contribution < -0.4 is 5.43 Å². The highest BCUT2D eigenvalue weighted by molar-refractivity contribution is 6.30. The van der Waals surface area contributed by atoms with E-state index in [4.69, 9.17) is 11.6 Å². The molecule has 0 saturated carbocycles. The molecule has 1 N–H and O–H groups in total. The van der Waals surface area contributed by atoms with Gasteiger partial charge < -0.3 is 4.90 Å². The van der Waals surface area contributed by atoms with Crippen LogP contribution in [-0.2, 0) is 9.59 Å². The average Bonchev–Trinajstić information content (AvgIpc) is 2.67. The number of hydrogen-bond acceptors (Lipinski definition) is 4. The quantitative estimate of drug-likeness (QED) is 0.804. The maximum Gasteiger partial charge on any atom is 0.240 e. The van der Waals surface area contributed by atoms with Gasteiger partial charge in [0.1, 0.15) is 0 Å². The van der Waals surface area contributed by atoms with Crippen LogP contribution in [0.2, 0.25) is 5.02 Å². The summed E-state index contributed by atoms with van der Waals surface area (Å²) in [5.74, 6) is -0.142. The normalized spacial score (nSPS) is 20.3. The number of Topliss-reactive ketones (excluding diaryl/α,β-unsaturated/α-hetero) is 1. The van der Waals surface area contributed by atoms with Crippen molar-refractivity contribution in [2.24, 2.45) is 11.0 Å². The Labute approximate surface area is 157 Å². The SMILES string of the molecule is O=C1CCC(CCC(=O)N2CCC[C@H](C(=O)c3ccc(Cl)cc3)C2)=NN1. The van der Waals surface area contributed by atoms with Gasteiger partial charge in [-0.3, -0.25) is 14.4 Å². The molecule has 0 unspecified atom stereocenters. The summed E-state index contributed by atoms with van der Waals surface area (Å²) in [5, 5.41) is 4.60. The van der Waals surface area contributed by atoms with E-state index in [0.717, 1.165) is 18.6 Å². The third kappa shape index (κ3) is 4.69. The molecular weight excluding hydrogens is 354 g/mol. The van der Waals surface area contributed by atoms with Crippen molar-refractivity contribution in [2.45, 2.75) is 38.5 Å². The van der Waals surface area contributed by atoms with E-state index in [9.17, 15) is 14.4 Å². The Morgan fingerprint density at radius 1 is 1.23 bits per heavy atom. The first-order chi connectivity index (χ1) is 12.5. The van der Waals surface area contributed by atoms with E-state index in [1.54, 1.807) is 29.2 Å². The Bertz CT molecular complexity index is 730. The number of halogens is 1. The van der Waals surface area contributed by atoms with Gasteiger partial charge in [0.05, 0.1) is 0 Å². The van der Waals surface area contributed by atoms with Gasteiger partial charge in [0.25, 0.3) is 0 Å². The molecule has 3 rings (SSSR count). The summed E-state index contributed by atoms with van der Waals surface area (Å²) in [6, 6.07) is 6.90. The highest BCUT2D eigenvalue weighted by Gasteiger charge is 2.29. The van der Waals surface area contributed by atoms with E-state index >= 15 is 0 Å². The maximum atomic E-state index is 12.7. The molecule has 1 saturated heterocycles. The molecule has 1 aromatic carbocycles. The van der Waals surface area contributed by atoms with E-state index < -0.39 is 0 Å². The maximum absolute atomic E-state index is 12.7. The van der Waals surface area contributed by atoms with Crippen molar-refractivity contribution in [3.8, 4) is 0 Å². The lowest BCUT2D eigenvalue weighted by molar-refractivity contribution is -0.132. The van der Waals surface area contributed by atoms with Gasteiger partial charge in [0.2, 0.25) is 11.8 Å². The molecule has 26 heavy (non-hydrogen) atoms. The molecule has 138 valence electrons. The first-order valence-corrected chi connectivity index (χ1v) is 9.32. The fourth-order valence-corrected chi connectivity index (χ4v) is 3.49. The molecule has 0 aliphatic carbocycles. The van der Waals surface area contributed by atoms with Gasteiger partial charge >= 0.3 is 0 Å². The number of carbonyl (C=O) groups excluding carboxylic acids is 3. The van der Waals surface area contributed by atoms with Crippen LogP contribution in [0, 0.1) is 5.92 Å². The Kier molecular flexibility index (Phi) is 6.04. The first-order valence-electron chi connectivity index (χ1n) is 8.95. The van der Waals surface area contributed by atoms with E-state index in [-0.39, 0.29) is 23.5 Å². The number of nitrogens with zero attached hydrogens (tertiary/aromatic N) is 2. The van der Waals surface area contributed by atoms with Crippen molar-refractivity contribution in [1.82, 2.24) is 10.3 Å². The second-order valence-corrected chi connectivity index (χ2v) is 7.20. The molecule has 2 aliphatic heterocycles. The third-order valence-electron chi connectivity index (χ3n) is 4.88. The largest absolute Gasteiger partial charge is 0.342 e. The van der Waals surface area contributed by atoms with Crippen LogP contribution >= 0.6 is 11.6 Å². The van der Waals surface area contributed by atoms with E-state index in [2.05, 4.69) is 10.5 Å². The number of nitrogens with one attached hydrogen (secondary N) is 1. The van der Waals surface area contributed by atoms with Crippen LogP contribution in [0.15, 0.2) is 29.4 Å². The predicted molar refractivity (Wildman–Crippen MR) is 99.1 cm³/mol. The van der Waals surface area contributed by atoms with Crippen molar-refractivity contribution in [3.05, 3.63) is 34.9 Å². The first kappa shape index (κ1) is 18.6. The molecule has 0 radical (unpaired) electrons. The fraction of sp³-hybridized carbons (Fsp3) is 0.474. The number of hydrogen-bond donors (Lipinski definition) is 1. The minimum Gasteiger partial charge on any atom is -0.342 e. The number of hydrazone groups is 1. The van der Waals surface area contributed by atoms with Crippen molar-refractivity contribution in [1.29, 1.82) is 0 Å². The number of likely N-dealkylation sites (tertiary alicyclic amines) is 1. The lowest BCUT2D eigenvalue weighted by atomic mass is 9.90. The van der Waals surface area contributed by atoms with Crippen LogP contribution in [-0.4, -0.2) is 41.3 Å². The van der Waals surface area contributed by atoms with Crippen molar-refractivity contribution < 1.29 is 14.4 Å². The Morgan fingerprint density at radius 3 is 2.69 bits per heavy atom. The summed E-state index contributed by atoms with van der Waals surface area (Å²) in [7, 11) is 0. The number of piperidine rings is 1. The van der Waals surface area contributed by atoms with Gasteiger partial charge in [-0.25, -0.2) is 5.43 Å². The molecule has 0 aromatic heterocycles. The Balaban J connectivity index is 1.54. The van der Waals surface area contributed by atoms with Crippen LogP contribution in [0.4, 0.5) is 0 Å². The monoisotopic (exact) mass is 375 g/mol. The number of amides is 2. The zero-order valence-electron chi connectivity index (χ0n) is 14.5. The number of benzene rings is 1. The second-order valence-electron chi connectivity index (χ2n) is 6.76. The Hall–Kier alpha value is -2.21. The molecule has 1 aromatic rings. The molecule has 2 amide bonds. The van der Waals surface area contributed by atoms with E-state index in [1.165, 1.54) is 0 Å². The number of rotatable bonds is 5. The summed E-state index contributed by atoms with van der Waals surface area (Å²) in [6.07, 6.45) is 3.56. The van der Waals surface area contributed by atoms with Crippen LogP contribution in [0.3, 0.4) is 0 Å². The summed E-state index contributed by atoms with van der Waals surface area (Å²) < 4.78 is 0. The summed E-state index contributed by atoms with van der Waals surface area (Å²) in [4.78, 5) is 38.1. The van der Waals surface area contributed by atoms with Crippen molar-refractivity contribution in [3.63, 3.8) is 0 Å². The molecule has 2 aliphatic rings. The zero-order chi connectivity index (χ0) is 18.5. The highest BCUT2D eigenvalue weighted by Crippen LogP contribution is 2.23. The Morgan fingerprint density at radius 2 is 2.00 bits per heavy atom. The zero-order valence-corrected chi connectivity index (χ0v) is 15.3. The average molecular weight is 376 g/mol.